The first-order chi connectivity index (χ1) is 15.5. The van der Waals surface area contributed by atoms with Gasteiger partial charge in [0.2, 0.25) is 20.0 Å². The lowest BCUT2D eigenvalue weighted by Gasteiger charge is -2.37. The van der Waals surface area contributed by atoms with Crippen molar-refractivity contribution in [1.82, 2.24) is 13.9 Å². The molecule has 3 rings (SSSR count). The lowest BCUT2D eigenvalue weighted by molar-refractivity contribution is 0.152. The second-order valence-corrected chi connectivity index (χ2v) is 13.7. The van der Waals surface area contributed by atoms with Crippen LogP contribution in [-0.4, -0.2) is 82.9 Å². The molecule has 2 heterocycles. The molecule has 0 bridgehead atoms. The van der Waals surface area contributed by atoms with E-state index in [2.05, 4.69) is 41.7 Å². The minimum Gasteiger partial charge on any atom is -0.493 e. The number of fused-ring (bicyclic) bond motifs is 1. The van der Waals surface area contributed by atoms with E-state index in [0.29, 0.717) is 25.0 Å². The summed E-state index contributed by atoms with van der Waals surface area (Å²) in [5.41, 5.74) is 2.64. The fraction of sp³-hybridized carbons (Fsp3) is 0.739. The predicted molar refractivity (Wildman–Crippen MR) is 132 cm³/mol. The Morgan fingerprint density at radius 3 is 2.52 bits per heavy atom. The third-order valence-corrected chi connectivity index (χ3v) is 9.84. The first kappa shape index (κ1) is 26.4. The van der Waals surface area contributed by atoms with Gasteiger partial charge in [-0.3, -0.25) is 0 Å². The lowest BCUT2D eigenvalue weighted by atomic mass is 9.96. The van der Waals surface area contributed by atoms with E-state index >= 15 is 0 Å². The standard InChI is InChI=1S/C23H39N3O5S2/c1-5-25(18(2)14-21-6-7-23-22(15-21)10-13-31-23)17-20-8-11-26(12-9-20)33(29,30)19(3)16-24-32(4,27)28/h6-7,15,18-20,24H,5,8-14,16-17H2,1-4H3. The summed E-state index contributed by atoms with van der Waals surface area (Å²) in [6.45, 7) is 9.60. The molecule has 1 aromatic rings. The molecule has 0 amide bonds. The number of hydrogen-bond donors (Lipinski definition) is 1. The number of likely N-dealkylation sites (N-methyl/N-ethyl adjacent to an activating group) is 1. The van der Waals surface area contributed by atoms with E-state index in [9.17, 15) is 16.8 Å². The van der Waals surface area contributed by atoms with Crippen LogP contribution in [0, 0.1) is 5.92 Å². The van der Waals surface area contributed by atoms with E-state index < -0.39 is 25.3 Å². The first-order valence-electron chi connectivity index (χ1n) is 11.9. The molecule has 1 N–H and O–H groups in total. The van der Waals surface area contributed by atoms with Crippen molar-refractivity contribution in [1.29, 1.82) is 0 Å². The van der Waals surface area contributed by atoms with E-state index in [-0.39, 0.29) is 6.54 Å². The van der Waals surface area contributed by atoms with E-state index in [1.807, 2.05) is 0 Å². The molecule has 0 aliphatic carbocycles. The summed E-state index contributed by atoms with van der Waals surface area (Å²) in [5.74, 6) is 1.47. The van der Waals surface area contributed by atoms with E-state index in [1.165, 1.54) is 15.4 Å². The maximum absolute atomic E-state index is 12.9. The lowest BCUT2D eigenvalue weighted by Crippen LogP contribution is -2.48. The van der Waals surface area contributed by atoms with Gasteiger partial charge in [0.15, 0.2) is 0 Å². The van der Waals surface area contributed by atoms with E-state index in [0.717, 1.165) is 57.4 Å². The van der Waals surface area contributed by atoms with Gasteiger partial charge < -0.3 is 9.64 Å². The third kappa shape index (κ3) is 7.14. The largest absolute Gasteiger partial charge is 0.493 e. The Kier molecular flexibility index (Phi) is 8.82. The molecule has 0 saturated carbocycles. The molecule has 2 aliphatic rings. The fourth-order valence-corrected chi connectivity index (χ4v) is 6.95. The van der Waals surface area contributed by atoms with Crippen LogP contribution in [0.25, 0.3) is 0 Å². The molecule has 33 heavy (non-hydrogen) atoms. The highest BCUT2D eigenvalue weighted by Gasteiger charge is 2.33. The van der Waals surface area contributed by atoms with Gasteiger partial charge in [0.25, 0.3) is 0 Å². The van der Waals surface area contributed by atoms with Crippen molar-refractivity contribution >= 4 is 20.0 Å². The zero-order valence-corrected chi connectivity index (χ0v) is 21.9. The van der Waals surface area contributed by atoms with Crippen molar-refractivity contribution in [2.75, 3.05) is 45.6 Å². The van der Waals surface area contributed by atoms with Crippen molar-refractivity contribution in [3.05, 3.63) is 29.3 Å². The molecule has 10 heteroatoms. The number of rotatable bonds is 11. The number of sulfonamides is 2. The SMILES string of the molecule is CCN(CC1CCN(S(=O)(=O)C(C)CNS(C)(=O)=O)CC1)C(C)Cc1ccc2c(c1)CCO2. The number of hydrogen-bond acceptors (Lipinski definition) is 6. The van der Waals surface area contributed by atoms with Gasteiger partial charge in [-0.05, 0) is 62.8 Å². The molecule has 2 unspecified atom stereocenters. The van der Waals surface area contributed by atoms with Crippen molar-refractivity contribution in [2.45, 2.75) is 57.7 Å². The van der Waals surface area contributed by atoms with E-state index in [4.69, 9.17) is 4.74 Å². The molecule has 2 aliphatic heterocycles. The predicted octanol–water partition coefficient (Wildman–Crippen LogP) is 1.85. The minimum atomic E-state index is -3.52. The maximum atomic E-state index is 12.9. The van der Waals surface area contributed by atoms with Crippen molar-refractivity contribution in [2.24, 2.45) is 5.92 Å². The van der Waals surface area contributed by atoms with Crippen LogP contribution in [0.3, 0.4) is 0 Å². The summed E-state index contributed by atoms with van der Waals surface area (Å²) < 4.78 is 57.8. The zero-order valence-electron chi connectivity index (χ0n) is 20.3. The van der Waals surface area contributed by atoms with Crippen LogP contribution in [0.4, 0.5) is 0 Å². The third-order valence-electron chi connectivity index (χ3n) is 6.88. The van der Waals surface area contributed by atoms with Crippen molar-refractivity contribution in [3.8, 4) is 5.75 Å². The smallest absolute Gasteiger partial charge is 0.218 e. The Morgan fingerprint density at radius 1 is 1.18 bits per heavy atom. The van der Waals surface area contributed by atoms with Crippen LogP contribution >= 0.6 is 0 Å². The molecule has 8 nitrogen and oxygen atoms in total. The van der Waals surface area contributed by atoms with E-state index in [1.54, 1.807) is 6.92 Å². The Balaban J connectivity index is 1.50. The Bertz CT molecular complexity index is 1000. The molecule has 1 aromatic carbocycles. The fourth-order valence-electron chi connectivity index (χ4n) is 4.76. The van der Waals surface area contributed by atoms with Crippen molar-refractivity contribution in [3.63, 3.8) is 0 Å². The number of piperidine rings is 1. The molecule has 1 saturated heterocycles. The molecule has 188 valence electrons. The van der Waals surface area contributed by atoms with Gasteiger partial charge >= 0.3 is 0 Å². The van der Waals surface area contributed by atoms with Gasteiger partial charge in [0, 0.05) is 38.6 Å². The van der Waals surface area contributed by atoms with Crippen LogP contribution in [-0.2, 0) is 32.9 Å². The van der Waals surface area contributed by atoms with Gasteiger partial charge in [0.1, 0.15) is 5.75 Å². The highest BCUT2D eigenvalue weighted by Crippen LogP contribution is 2.27. The summed E-state index contributed by atoms with van der Waals surface area (Å²) in [7, 11) is -6.94. The molecular weight excluding hydrogens is 462 g/mol. The summed E-state index contributed by atoms with van der Waals surface area (Å²) in [5, 5.41) is -0.784. The van der Waals surface area contributed by atoms with Gasteiger partial charge in [-0.1, -0.05) is 19.1 Å². The second kappa shape index (κ2) is 11.0. The average molecular weight is 502 g/mol. The zero-order chi connectivity index (χ0) is 24.2. The topological polar surface area (TPSA) is 96.0 Å². The Labute approximate surface area is 199 Å². The summed E-state index contributed by atoms with van der Waals surface area (Å²) in [4.78, 5) is 2.50. The highest BCUT2D eigenvalue weighted by atomic mass is 32.2. The summed E-state index contributed by atoms with van der Waals surface area (Å²) in [6, 6.07) is 6.93. The van der Waals surface area contributed by atoms with Gasteiger partial charge in [-0.2, -0.15) is 0 Å². The monoisotopic (exact) mass is 501 g/mol. The number of ether oxygens (including phenoxy) is 1. The minimum absolute atomic E-state index is 0.100. The molecule has 0 spiro atoms. The van der Waals surface area contributed by atoms with Crippen LogP contribution in [0.5, 0.6) is 5.75 Å². The summed E-state index contributed by atoms with van der Waals surface area (Å²) >= 11 is 0. The summed E-state index contributed by atoms with van der Waals surface area (Å²) in [6.07, 6.45) is 4.66. The van der Waals surface area contributed by atoms with Gasteiger partial charge in [-0.25, -0.2) is 25.9 Å². The van der Waals surface area contributed by atoms with Crippen LogP contribution in [0.1, 0.15) is 44.7 Å². The van der Waals surface area contributed by atoms with Crippen LogP contribution in [0.2, 0.25) is 0 Å². The quantitative estimate of drug-likeness (QED) is 0.497. The normalized spacial score (nSPS) is 19.9. The molecule has 2 atom stereocenters. The molecule has 0 radical (unpaired) electrons. The molecular formula is C23H39N3O5S2. The maximum Gasteiger partial charge on any atom is 0.218 e. The van der Waals surface area contributed by atoms with Gasteiger partial charge in [0.05, 0.1) is 18.1 Å². The molecule has 0 aromatic heterocycles. The second-order valence-electron chi connectivity index (χ2n) is 9.50. The van der Waals surface area contributed by atoms with Crippen LogP contribution in [0.15, 0.2) is 18.2 Å². The Morgan fingerprint density at radius 2 is 1.88 bits per heavy atom. The Hall–Kier alpha value is -1.20. The van der Waals surface area contributed by atoms with Crippen LogP contribution < -0.4 is 9.46 Å². The molecule has 1 fully saturated rings. The number of nitrogens with one attached hydrogen (secondary N) is 1. The average Bonchev–Trinajstić information content (AvgIpc) is 3.23. The highest BCUT2D eigenvalue weighted by molar-refractivity contribution is 7.90. The first-order valence-corrected chi connectivity index (χ1v) is 15.3. The number of nitrogens with zero attached hydrogens (tertiary/aromatic N) is 2. The number of benzene rings is 1. The van der Waals surface area contributed by atoms with Crippen molar-refractivity contribution < 1.29 is 21.6 Å². The van der Waals surface area contributed by atoms with Gasteiger partial charge in [-0.15, -0.1) is 0 Å².